The highest BCUT2D eigenvalue weighted by atomic mass is 16.4. The van der Waals surface area contributed by atoms with Gasteiger partial charge in [-0.15, -0.1) is 0 Å². The Balaban J connectivity index is 1.71. The van der Waals surface area contributed by atoms with Crippen molar-refractivity contribution in [3.8, 4) is 0 Å². The maximum atomic E-state index is 12.0. The van der Waals surface area contributed by atoms with Gasteiger partial charge in [-0.1, -0.05) is 30.3 Å². The Kier molecular flexibility index (Phi) is 4.63. The lowest BCUT2D eigenvalue weighted by Gasteiger charge is -2.24. The van der Waals surface area contributed by atoms with E-state index in [0.717, 1.165) is 5.56 Å². The first kappa shape index (κ1) is 15.8. The third kappa shape index (κ3) is 3.47. The van der Waals surface area contributed by atoms with Crippen LogP contribution in [0.4, 0.5) is 0 Å². The van der Waals surface area contributed by atoms with Gasteiger partial charge in [0.15, 0.2) is 5.60 Å². The maximum absolute atomic E-state index is 12.0. The number of rotatable bonds is 6. The summed E-state index contributed by atoms with van der Waals surface area (Å²) in [6.07, 6.45) is 7.48. The van der Waals surface area contributed by atoms with Gasteiger partial charge in [0, 0.05) is 11.6 Å². The van der Waals surface area contributed by atoms with E-state index in [1.54, 1.807) is 24.3 Å². The summed E-state index contributed by atoms with van der Waals surface area (Å²) in [6, 6.07) is 14.5. The third-order valence-corrected chi connectivity index (χ3v) is 3.67. The van der Waals surface area contributed by atoms with Gasteiger partial charge in [-0.25, -0.2) is 0 Å². The molecule has 0 aliphatic carbocycles. The molecule has 122 valence electrons. The number of hydrogen-bond acceptors (Lipinski definition) is 4. The number of benzene rings is 1. The highest BCUT2D eigenvalue weighted by molar-refractivity contribution is 5.91. The minimum Gasteiger partial charge on any atom is -0.472 e. The fourth-order valence-electron chi connectivity index (χ4n) is 2.36. The zero-order valence-corrected chi connectivity index (χ0v) is 12.9. The molecule has 5 nitrogen and oxygen atoms in total. The molecule has 5 heteroatoms. The van der Waals surface area contributed by atoms with E-state index in [-0.39, 0.29) is 12.5 Å². The Morgan fingerprint density at radius 2 is 1.96 bits per heavy atom. The highest BCUT2D eigenvalue weighted by Gasteiger charge is 2.35. The largest absolute Gasteiger partial charge is 0.472 e. The molecule has 1 atom stereocenters. The molecule has 2 heterocycles. The molecular weight excluding hydrogens is 306 g/mol. The molecule has 3 aromatic rings. The van der Waals surface area contributed by atoms with Gasteiger partial charge in [-0.2, -0.15) is 0 Å². The number of amides is 1. The molecule has 3 rings (SSSR count). The van der Waals surface area contributed by atoms with Crippen LogP contribution in [0.5, 0.6) is 0 Å². The number of nitrogens with one attached hydrogen (secondary N) is 1. The predicted octanol–water partition coefficient (Wildman–Crippen LogP) is 2.94. The molecular formula is C19H17NO4. The Bertz CT molecular complexity index is 755. The summed E-state index contributed by atoms with van der Waals surface area (Å²) < 4.78 is 10.4. The minimum atomic E-state index is -1.49. The first-order valence-corrected chi connectivity index (χ1v) is 7.48. The van der Waals surface area contributed by atoms with Crippen molar-refractivity contribution in [1.82, 2.24) is 5.32 Å². The zero-order chi connectivity index (χ0) is 16.8. The molecule has 0 bridgehead atoms. The van der Waals surface area contributed by atoms with Crippen LogP contribution in [-0.2, 0) is 10.4 Å². The van der Waals surface area contributed by atoms with Gasteiger partial charge in [-0.05, 0) is 29.8 Å². The first-order valence-electron chi connectivity index (χ1n) is 7.48. The predicted molar refractivity (Wildman–Crippen MR) is 88.9 cm³/mol. The molecule has 1 aromatic carbocycles. The van der Waals surface area contributed by atoms with E-state index in [2.05, 4.69) is 5.32 Å². The third-order valence-electron chi connectivity index (χ3n) is 3.67. The molecule has 0 saturated carbocycles. The molecule has 2 N–H and O–H groups in total. The number of aliphatic hydroxyl groups is 1. The number of hydrogen-bond donors (Lipinski definition) is 2. The second kappa shape index (κ2) is 7.02. The second-order valence-electron chi connectivity index (χ2n) is 5.31. The van der Waals surface area contributed by atoms with Crippen molar-refractivity contribution in [1.29, 1.82) is 0 Å². The van der Waals surface area contributed by atoms with Crippen molar-refractivity contribution in [2.45, 2.75) is 5.60 Å². The topological polar surface area (TPSA) is 75.6 Å². The molecule has 0 fully saturated rings. The lowest BCUT2D eigenvalue weighted by Crippen LogP contribution is -2.40. The van der Waals surface area contributed by atoms with E-state index in [4.69, 9.17) is 8.83 Å². The molecule has 0 spiro atoms. The van der Waals surface area contributed by atoms with Gasteiger partial charge >= 0.3 is 0 Å². The summed E-state index contributed by atoms with van der Waals surface area (Å²) in [4.78, 5) is 12.0. The highest BCUT2D eigenvalue weighted by Crippen LogP contribution is 2.29. The normalized spacial score (nSPS) is 13.7. The van der Waals surface area contributed by atoms with Crippen molar-refractivity contribution >= 4 is 12.0 Å². The van der Waals surface area contributed by atoms with Gasteiger partial charge in [0.05, 0.1) is 25.3 Å². The van der Waals surface area contributed by atoms with E-state index >= 15 is 0 Å². The summed E-state index contributed by atoms with van der Waals surface area (Å²) in [5.41, 5.74) is -0.0687. The molecule has 0 unspecified atom stereocenters. The molecule has 0 radical (unpaired) electrons. The Hall–Kier alpha value is -3.05. The van der Waals surface area contributed by atoms with Crippen molar-refractivity contribution < 1.29 is 18.7 Å². The smallest absolute Gasteiger partial charge is 0.244 e. The van der Waals surface area contributed by atoms with Crippen LogP contribution >= 0.6 is 0 Å². The molecule has 24 heavy (non-hydrogen) atoms. The van der Waals surface area contributed by atoms with Crippen LogP contribution in [-0.4, -0.2) is 17.6 Å². The van der Waals surface area contributed by atoms with E-state index < -0.39 is 5.60 Å². The average Bonchev–Trinajstić information content (AvgIpc) is 3.32. The summed E-state index contributed by atoms with van der Waals surface area (Å²) in [5, 5.41) is 13.7. The van der Waals surface area contributed by atoms with Crippen LogP contribution < -0.4 is 5.32 Å². The van der Waals surface area contributed by atoms with Crippen molar-refractivity contribution in [2.24, 2.45) is 0 Å². The quantitative estimate of drug-likeness (QED) is 0.684. The van der Waals surface area contributed by atoms with Gasteiger partial charge in [0.2, 0.25) is 5.91 Å². The maximum Gasteiger partial charge on any atom is 0.244 e. The van der Waals surface area contributed by atoms with E-state index in [0.29, 0.717) is 11.3 Å². The standard InChI is InChI=1S/C19H17NO4/c21-18(9-8-15-5-2-1-3-6-15)20-14-19(22,16-10-12-23-13-16)17-7-4-11-24-17/h1-13,22H,14H2,(H,20,21)/b9-8+/t19-/m0/s1. The van der Waals surface area contributed by atoms with Crippen molar-refractivity contribution in [3.63, 3.8) is 0 Å². The SMILES string of the molecule is O=C(/C=C/c1ccccc1)NC[C@](O)(c1ccoc1)c1ccco1. The fraction of sp³-hybridized carbons (Fsp3) is 0.105. The fourth-order valence-corrected chi connectivity index (χ4v) is 2.36. The number of carbonyl (C=O) groups excluding carboxylic acids is 1. The lowest BCUT2D eigenvalue weighted by atomic mass is 9.93. The summed E-state index contributed by atoms with van der Waals surface area (Å²) in [7, 11) is 0. The lowest BCUT2D eigenvalue weighted by molar-refractivity contribution is -0.117. The summed E-state index contributed by atoms with van der Waals surface area (Å²) in [6.45, 7) is -0.0436. The minimum absolute atomic E-state index is 0.0436. The second-order valence-corrected chi connectivity index (χ2v) is 5.31. The average molecular weight is 323 g/mol. The monoisotopic (exact) mass is 323 g/mol. The molecule has 0 aliphatic rings. The Morgan fingerprint density at radius 1 is 1.12 bits per heavy atom. The van der Waals surface area contributed by atoms with Crippen LogP contribution in [0.2, 0.25) is 0 Å². The van der Waals surface area contributed by atoms with Crippen LogP contribution in [0.25, 0.3) is 6.08 Å². The van der Waals surface area contributed by atoms with Gasteiger partial charge in [0.25, 0.3) is 0 Å². The number of carbonyl (C=O) groups is 1. The Morgan fingerprint density at radius 3 is 2.62 bits per heavy atom. The van der Waals surface area contributed by atoms with Gasteiger partial charge < -0.3 is 19.3 Å². The molecule has 0 aliphatic heterocycles. The van der Waals surface area contributed by atoms with Crippen LogP contribution in [0, 0.1) is 0 Å². The van der Waals surface area contributed by atoms with E-state index in [1.165, 1.54) is 24.9 Å². The van der Waals surface area contributed by atoms with Gasteiger partial charge in [-0.3, -0.25) is 4.79 Å². The summed E-state index contributed by atoms with van der Waals surface area (Å²) >= 11 is 0. The van der Waals surface area contributed by atoms with E-state index in [9.17, 15) is 9.90 Å². The summed E-state index contributed by atoms with van der Waals surface area (Å²) in [5.74, 6) is 0.0172. The van der Waals surface area contributed by atoms with Crippen LogP contribution in [0.3, 0.4) is 0 Å². The molecule has 0 saturated heterocycles. The van der Waals surface area contributed by atoms with Crippen molar-refractivity contribution in [2.75, 3.05) is 6.54 Å². The van der Waals surface area contributed by atoms with Gasteiger partial charge in [0.1, 0.15) is 5.76 Å². The Labute approximate surface area is 139 Å². The molecule has 1 amide bonds. The number of furan rings is 2. The first-order chi connectivity index (χ1) is 11.7. The van der Waals surface area contributed by atoms with E-state index in [1.807, 2.05) is 30.3 Å². The molecule has 2 aromatic heterocycles. The van der Waals surface area contributed by atoms with Crippen molar-refractivity contribution in [3.05, 3.63) is 90.3 Å². The van der Waals surface area contributed by atoms with Crippen LogP contribution in [0.1, 0.15) is 16.9 Å². The van der Waals surface area contributed by atoms with Crippen LogP contribution in [0.15, 0.2) is 82.2 Å². The zero-order valence-electron chi connectivity index (χ0n) is 12.9.